The van der Waals surface area contributed by atoms with Gasteiger partial charge in [-0.1, -0.05) is 19.8 Å². The smallest absolute Gasteiger partial charge is 0.208 e. The fourth-order valence-corrected chi connectivity index (χ4v) is 4.34. The van der Waals surface area contributed by atoms with E-state index in [0.29, 0.717) is 12.4 Å². The van der Waals surface area contributed by atoms with Crippen LogP contribution in [0.2, 0.25) is 0 Å². The molecule has 0 aliphatic carbocycles. The van der Waals surface area contributed by atoms with Gasteiger partial charge in [0.25, 0.3) is 0 Å². The van der Waals surface area contributed by atoms with Crippen LogP contribution in [0, 0.1) is 5.82 Å². The normalized spacial score (nSPS) is 14.8. The van der Waals surface area contributed by atoms with Crippen LogP contribution in [0.4, 0.5) is 4.39 Å². The van der Waals surface area contributed by atoms with Gasteiger partial charge in [-0.3, -0.25) is 4.79 Å². The minimum atomic E-state index is -3.84. The van der Waals surface area contributed by atoms with Crippen molar-refractivity contribution in [2.45, 2.75) is 36.0 Å². The Labute approximate surface area is 140 Å². The molecule has 2 aromatic carbocycles. The van der Waals surface area contributed by atoms with Crippen molar-refractivity contribution in [1.29, 1.82) is 0 Å². The number of benzene rings is 2. The summed E-state index contributed by atoms with van der Waals surface area (Å²) in [6, 6.07) is 7.49. The molecule has 0 saturated heterocycles. The lowest BCUT2D eigenvalue weighted by atomic mass is 10.0. The van der Waals surface area contributed by atoms with Crippen LogP contribution in [-0.2, 0) is 9.84 Å². The maximum Gasteiger partial charge on any atom is 0.208 e. The SMILES string of the molecule is CCCCCOc1ccc2c(c1)C(=O)c1cc(F)ccc1S2(=O)=O. The first-order valence-electron chi connectivity index (χ1n) is 7.81. The van der Waals surface area contributed by atoms with Gasteiger partial charge in [0, 0.05) is 11.1 Å². The minimum absolute atomic E-state index is 0.0288. The van der Waals surface area contributed by atoms with E-state index in [1.165, 1.54) is 12.1 Å². The molecule has 1 aliphatic rings. The number of hydrogen-bond acceptors (Lipinski definition) is 4. The number of sulfone groups is 1. The number of fused-ring (bicyclic) bond motifs is 2. The average molecular weight is 348 g/mol. The van der Waals surface area contributed by atoms with E-state index in [4.69, 9.17) is 4.74 Å². The highest BCUT2D eigenvalue weighted by molar-refractivity contribution is 7.91. The van der Waals surface area contributed by atoms with Gasteiger partial charge in [-0.05, 0) is 42.8 Å². The van der Waals surface area contributed by atoms with E-state index < -0.39 is 21.4 Å². The van der Waals surface area contributed by atoms with Crippen molar-refractivity contribution in [1.82, 2.24) is 0 Å². The Kier molecular flexibility index (Phi) is 4.41. The van der Waals surface area contributed by atoms with Crippen LogP contribution in [0.5, 0.6) is 5.75 Å². The highest BCUT2D eigenvalue weighted by atomic mass is 32.2. The van der Waals surface area contributed by atoms with E-state index in [-0.39, 0.29) is 20.9 Å². The van der Waals surface area contributed by atoms with E-state index in [1.807, 2.05) is 0 Å². The lowest BCUT2D eigenvalue weighted by molar-refractivity contribution is 0.103. The summed E-state index contributed by atoms with van der Waals surface area (Å²) < 4.78 is 44.3. The second kappa shape index (κ2) is 6.36. The number of halogens is 1. The lowest BCUT2D eigenvalue weighted by Crippen LogP contribution is -2.20. The molecule has 24 heavy (non-hydrogen) atoms. The summed E-state index contributed by atoms with van der Waals surface area (Å²) in [5, 5.41) is 0. The maximum absolute atomic E-state index is 13.4. The molecule has 4 nitrogen and oxygen atoms in total. The van der Waals surface area contributed by atoms with Gasteiger partial charge in [-0.15, -0.1) is 0 Å². The zero-order valence-electron chi connectivity index (χ0n) is 13.2. The molecule has 0 fully saturated rings. The molecule has 0 amide bonds. The molecule has 0 aromatic heterocycles. The van der Waals surface area contributed by atoms with Crippen LogP contribution in [0.15, 0.2) is 46.2 Å². The van der Waals surface area contributed by atoms with E-state index in [2.05, 4.69) is 6.92 Å². The summed E-state index contributed by atoms with van der Waals surface area (Å²) in [4.78, 5) is 12.4. The molecular weight excluding hydrogens is 331 g/mol. The van der Waals surface area contributed by atoms with Crippen LogP contribution < -0.4 is 4.74 Å². The van der Waals surface area contributed by atoms with Gasteiger partial charge in [-0.25, -0.2) is 12.8 Å². The first-order valence-corrected chi connectivity index (χ1v) is 9.29. The van der Waals surface area contributed by atoms with Crippen LogP contribution in [0.3, 0.4) is 0 Å². The summed E-state index contributed by atoms with van der Waals surface area (Å²) in [5.74, 6) is -0.714. The third kappa shape index (κ3) is 2.82. The third-order valence-corrected chi connectivity index (χ3v) is 5.85. The Morgan fingerprint density at radius 2 is 1.67 bits per heavy atom. The number of unbranched alkanes of at least 4 members (excludes halogenated alkanes) is 2. The molecule has 126 valence electrons. The second-order valence-corrected chi connectivity index (χ2v) is 7.57. The average Bonchev–Trinajstić information content (AvgIpc) is 2.56. The predicted octanol–water partition coefficient (Wildman–Crippen LogP) is 3.77. The summed E-state index contributed by atoms with van der Waals surface area (Å²) in [7, 11) is -3.84. The van der Waals surface area contributed by atoms with Crippen molar-refractivity contribution in [2.75, 3.05) is 6.61 Å². The highest BCUT2D eigenvalue weighted by Gasteiger charge is 2.35. The molecule has 0 bridgehead atoms. The lowest BCUT2D eigenvalue weighted by Gasteiger charge is -2.19. The predicted molar refractivity (Wildman–Crippen MR) is 86.7 cm³/mol. The Morgan fingerprint density at radius 1 is 1.00 bits per heavy atom. The maximum atomic E-state index is 13.4. The van der Waals surface area contributed by atoms with Gasteiger partial charge < -0.3 is 4.74 Å². The van der Waals surface area contributed by atoms with Crippen molar-refractivity contribution >= 4 is 15.6 Å². The van der Waals surface area contributed by atoms with Gasteiger partial charge in [-0.2, -0.15) is 0 Å². The standard InChI is InChI=1S/C18H17FO4S/c1-2-3-4-9-23-13-6-8-17-15(11-13)18(20)14-10-12(19)5-7-16(14)24(17,21)22/h5-8,10-11H,2-4,9H2,1H3. The van der Waals surface area contributed by atoms with E-state index in [0.717, 1.165) is 37.5 Å². The molecule has 1 aliphatic heterocycles. The Bertz CT molecular complexity index is 903. The summed E-state index contributed by atoms with van der Waals surface area (Å²) in [6.45, 7) is 2.58. The van der Waals surface area contributed by atoms with Gasteiger partial charge in [0.1, 0.15) is 11.6 Å². The molecule has 0 atom stereocenters. The topological polar surface area (TPSA) is 60.4 Å². The van der Waals surface area contributed by atoms with Gasteiger partial charge in [0.15, 0.2) is 5.78 Å². The molecule has 3 rings (SSSR count). The minimum Gasteiger partial charge on any atom is -0.494 e. The van der Waals surface area contributed by atoms with Crippen LogP contribution in [-0.4, -0.2) is 20.8 Å². The van der Waals surface area contributed by atoms with Crippen LogP contribution >= 0.6 is 0 Å². The molecule has 0 unspecified atom stereocenters. The molecule has 0 saturated carbocycles. The molecule has 0 radical (unpaired) electrons. The van der Waals surface area contributed by atoms with E-state index >= 15 is 0 Å². The zero-order valence-corrected chi connectivity index (χ0v) is 14.0. The quantitative estimate of drug-likeness (QED) is 0.520. The number of carbonyl (C=O) groups is 1. The molecule has 2 aromatic rings. The Morgan fingerprint density at radius 3 is 2.38 bits per heavy atom. The molecule has 1 heterocycles. The first-order chi connectivity index (χ1) is 11.4. The monoisotopic (exact) mass is 348 g/mol. The van der Waals surface area contributed by atoms with Crippen molar-refractivity contribution < 1.29 is 22.3 Å². The number of carbonyl (C=O) groups excluding carboxylic acids is 1. The molecule has 6 heteroatoms. The molecule has 0 spiro atoms. The van der Waals surface area contributed by atoms with Gasteiger partial charge in [0.2, 0.25) is 9.84 Å². The number of rotatable bonds is 5. The number of ether oxygens (including phenoxy) is 1. The van der Waals surface area contributed by atoms with E-state index in [1.54, 1.807) is 6.07 Å². The van der Waals surface area contributed by atoms with Crippen molar-refractivity contribution in [3.8, 4) is 5.75 Å². The van der Waals surface area contributed by atoms with Crippen molar-refractivity contribution in [3.63, 3.8) is 0 Å². The Balaban J connectivity index is 2.00. The van der Waals surface area contributed by atoms with Crippen molar-refractivity contribution in [2.24, 2.45) is 0 Å². The van der Waals surface area contributed by atoms with Crippen LogP contribution in [0.25, 0.3) is 0 Å². The highest BCUT2D eigenvalue weighted by Crippen LogP contribution is 2.36. The second-order valence-electron chi connectivity index (χ2n) is 5.69. The van der Waals surface area contributed by atoms with E-state index in [9.17, 15) is 17.6 Å². The Hall–Kier alpha value is -2.21. The fourth-order valence-electron chi connectivity index (χ4n) is 2.73. The van der Waals surface area contributed by atoms with Crippen molar-refractivity contribution in [3.05, 3.63) is 53.3 Å². The third-order valence-electron chi connectivity index (χ3n) is 3.98. The summed E-state index contributed by atoms with van der Waals surface area (Å²) >= 11 is 0. The molecule has 0 N–H and O–H groups in total. The molecular formula is C18H17FO4S. The number of ketones is 1. The first kappa shape index (κ1) is 16.6. The van der Waals surface area contributed by atoms with Gasteiger partial charge >= 0.3 is 0 Å². The van der Waals surface area contributed by atoms with Gasteiger partial charge in [0.05, 0.1) is 16.4 Å². The van der Waals surface area contributed by atoms with Crippen LogP contribution in [0.1, 0.15) is 42.1 Å². The number of hydrogen-bond donors (Lipinski definition) is 0. The summed E-state index contributed by atoms with van der Waals surface area (Å²) in [6.07, 6.45) is 2.98. The summed E-state index contributed by atoms with van der Waals surface area (Å²) in [5.41, 5.74) is -0.105. The largest absolute Gasteiger partial charge is 0.494 e. The zero-order chi connectivity index (χ0) is 17.3. The fraction of sp³-hybridized carbons (Fsp3) is 0.278.